The Hall–Kier alpha value is -2.37. The Balaban J connectivity index is 2.11. The SMILES string of the molecule is Nc1cc(C2CCC(=O)NC2=O)c2ccnn2c1. The van der Waals surface area contributed by atoms with Crippen molar-refractivity contribution in [3.8, 4) is 0 Å². The molecule has 2 amide bonds. The Labute approximate surface area is 103 Å². The number of nitrogen functional groups attached to an aromatic ring is 1. The average Bonchev–Trinajstić information content (AvgIpc) is 2.76. The van der Waals surface area contributed by atoms with Gasteiger partial charge in [0.25, 0.3) is 0 Å². The van der Waals surface area contributed by atoms with E-state index in [4.69, 9.17) is 5.73 Å². The first-order chi connectivity index (χ1) is 8.65. The van der Waals surface area contributed by atoms with E-state index in [-0.39, 0.29) is 17.7 Å². The number of piperidine rings is 1. The molecule has 1 aliphatic heterocycles. The Bertz CT molecular complexity index is 647. The molecular formula is C12H12N4O2. The molecule has 1 saturated heterocycles. The van der Waals surface area contributed by atoms with Gasteiger partial charge in [-0.25, -0.2) is 4.52 Å². The van der Waals surface area contributed by atoms with Crippen LogP contribution in [-0.4, -0.2) is 21.4 Å². The van der Waals surface area contributed by atoms with E-state index in [9.17, 15) is 9.59 Å². The molecule has 2 aromatic heterocycles. The number of amides is 2. The van der Waals surface area contributed by atoms with Crippen LogP contribution in [0.4, 0.5) is 5.69 Å². The summed E-state index contributed by atoms with van der Waals surface area (Å²) in [4.78, 5) is 23.0. The van der Waals surface area contributed by atoms with E-state index in [1.54, 1.807) is 23.0 Å². The van der Waals surface area contributed by atoms with Gasteiger partial charge in [0.05, 0.1) is 23.3 Å². The zero-order chi connectivity index (χ0) is 12.7. The van der Waals surface area contributed by atoms with Gasteiger partial charge in [-0.15, -0.1) is 0 Å². The Morgan fingerprint density at radius 2 is 2.28 bits per heavy atom. The van der Waals surface area contributed by atoms with Crippen molar-refractivity contribution in [2.45, 2.75) is 18.8 Å². The molecule has 1 unspecified atom stereocenters. The van der Waals surface area contributed by atoms with Crippen molar-refractivity contribution >= 4 is 23.0 Å². The summed E-state index contributed by atoms with van der Waals surface area (Å²) in [6.07, 6.45) is 4.22. The molecule has 3 heterocycles. The first kappa shape index (κ1) is 10.8. The highest BCUT2D eigenvalue weighted by Gasteiger charge is 2.29. The van der Waals surface area contributed by atoms with Gasteiger partial charge in [0.2, 0.25) is 11.8 Å². The summed E-state index contributed by atoms with van der Waals surface area (Å²) >= 11 is 0. The summed E-state index contributed by atoms with van der Waals surface area (Å²) in [5, 5.41) is 6.47. The number of nitrogens with zero attached hydrogens (tertiary/aromatic N) is 2. The summed E-state index contributed by atoms with van der Waals surface area (Å²) in [6, 6.07) is 3.61. The van der Waals surface area contributed by atoms with Crippen LogP contribution in [-0.2, 0) is 9.59 Å². The fraction of sp³-hybridized carbons (Fsp3) is 0.250. The van der Waals surface area contributed by atoms with Crippen LogP contribution in [0.25, 0.3) is 5.52 Å². The number of nitrogens with one attached hydrogen (secondary N) is 1. The number of hydrogen-bond donors (Lipinski definition) is 2. The lowest BCUT2D eigenvalue weighted by molar-refractivity contribution is -0.134. The molecule has 0 aromatic carbocycles. The van der Waals surface area contributed by atoms with Crippen molar-refractivity contribution in [2.75, 3.05) is 5.73 Å². The van der Waals surface area contributed by atoms with E-state index in [0.717, 1.165) is 11.1 Å². The predicted molar refractivity (Wildman–Crippen MR) is 64.7 cm³/mol. The second kappa shape index (κ2) is 3.83. The standard InChI is InChI=1S/C12H12N4O2/c13-7-5-9(10-3-4-14-16(10)6-7)8-1-2-11(17)15-12(8)18/h3-6,8H,1-2,13H2,(H,15,17,18). The molecule has 6 heteroatoms. The van der Waals surface area contributed by atoms with Gasteiger partial charge in [-0.1, -0.05) is 0 Å². The van der Waals surface area contributed by atoms with Crippen LogP contribution in [0.1, 0.15) is 24.3 Å². The van der Waals surface area contributed by atoms with Gasteiger partial charge >= 0.3 is 0 Å². The van der Waals surface area contributed by atoms with Crippen LogP contribution in [0.3, 0.4) is 0 Å². The van der Waals surface area contributed by atoms with E-state index < -0.39 is 0 Å². The van der Waals surface area contributed by atoms with Gasteiger partial charge in [0.1, 0.15) is 0 Å². The number of aromatic nitrogens is 2. The quantitative estimate of drug-likeness (QED) is 0.712. The fourth-order valence-corrected chi connectivity index (χ4v) is 2.35. The van der Waals surface area contributed by atoms with E-state index in [1.165, 1.54) is 0 Å². The lowest BCUT2D eigenvalue weighted by atomic mass is 9.90. The topological polar surface area (TPSA) is 89.5 Å². The van der Waals surface area contributed by atoms with Crippen LogP contribution in [0.2, 0.25) is 0 Å². The molecule has 3 rings (SSSR count). The van der Waals surface area contributed by atoms with E-state index in [2.05, 4.69) is 10.4 Å². The minimum absolute atomic E-state index is 0.218. The number of anilines is 1. The number of carbonyl (C=O) groups is 2. The molecule has 1 fully saturated rings. The minimum atomic E-state index is -0.342. The summed E-state index contributed by atoms with van der Waals surface area (Å²) in [7, 11) is 0. The Kier molecular flexibility index (Phi) is 2.29. The second-order valence-electron chi connectivity index (χ2n) is 4.39. The lowest BCUT2D eigenvalue weighted by Gasteiger charge is -2.22. The van der Waals surface area contributed by atoms with Gasteiger partial charge in [-0.05, 0) is 24.1 Å². The van der Waals surface area contributed by atoms with Crippen LogP contribution in [0.5, 0.6) is 0 Å². The number of fused-ring (bicyclic) bond motifs is 1. The average molecular weight is 244 g/mol. The normalized spacial score (nSPS) is 20.1. The predicted octanol–water partition coefficient (Wildman–Crippen LogP) is 0.437. The minimum Gasteiger partial charge on any atom is -0.397 e. The molecular weight excluding hydrogens is 232 g/mol. The summed E-state index contributed by atoms with van der Waals surface area (Å²) in [5.41, 5.74) is 8.01. The molecule has 0 saturated carbocycles. The number of hydrogen-bond acceptors (Lipinski definition) is 4. The summed E-state index contributed by atoms with van der Waals surface area (Å²) < 4.78 is 1.65. The number of nitrogens with two attached hydrogens (primary N) is 1. The van der Waals surface area contributed by atoms with Crippen LogP contribution < -0.4 is 11.1 Å². The van der Waals surface area contributed by atoms with E-state index >= 15 is 0 Å². The lowest BCUT2D eigenvalue weighted by Crippen LogP contribution is -2.39. The molecule has 0 spiro atoms. The Morgan fingerprint density at radius 3 is 3.06 bits per heavy atom. The van der Waals surface area contributed by atoms with Gasteiger partial charge < -0.3 is 5.73 Å². The third-order valence-corrected chi connectivity index (χ3v) is 3.17. The Morgan fingerprint density at radius 1 is 1.44 bits per heavy atom. The molecule has 18 heavy (non-hydrogen) atoms. The van der Waals surface area contributed by atoms with Crippen LogP contribution >= 0.6 is 0 Å². The first-order valence-electron chi connectivity index (χ1n) is 5.71. The first-order valence-corrected chi connectivity index (χ1v) is 5.71. The van der Waals surface area contributed by atoms with Crippen molar-refractivity contribution in [3.05, 3.63) is 30.1 Å². The monoisotopic (exact) mass is 244 g/mol. The largest absolute Gasteiger partial charge is 0.397 e. The fourth-order valence-electron chi connectivity index (χ4n) is 2.35. The van der Waals surface area contributed by atoms with Crippen molar-refractivity contribution in [2.24, 2.45) is 0 Å². The highest BCUT2D eigenvalue weighted by atomic mass is 16.2. The van der Waals surface area contributed by atoms with Crippen LogP contribution in [0.15, 0.2) is 24.5 Å². The zero-order valence-electron chi connectivity index (χ0n) is 9.59. The molecule has 0 bridgehead atoms. The molecule has 6 nitrogen and oxygen atoms in total. The third kappa shape index (κ3) is 1.62. The van der Waals surface area contributed by atoms with Gasteiger partial charge in [-0.3, -0.25) is 14.9 Å². The second-order valence-corrected chi connectivity index (χ2v) is 4.39. The number of imide groups is 1. The summed E-state index contributed by atoms with van der Waals surface area (Å²) in [5.74, 6) is -0.824. The van der Waals surface area contributed by atoms with Gasteiger partial charge in [-0.2, -0.15) is 5.10 Å². The third-order valence-electron chi connectivity index (χ3n) is 3.17. The zero-order valence-corrected chi connectivity index (χ0v) is 9.59. The maximum atomic E-state index is 11.9. The molecule has 0 aliphatic carbocycles. The van der Waals surface area contributed by atoms with Crippen molar-refractivity contribution in [1.82, 2.24) is 14.9 Å². The van der Waals surface area contributed by atoms with Gasteiger partial charge in [0, 0.05) is 12.6 Å². The van der Waals surface area contributed by atoms with Crippen molar-refractivity contribution in [3.63, 3.8) is 0 Å². The highest BCUT2D eigenvalue weighted by molar-refractivity contribution is 6.01. The summed E-state index contributed by atoms with van der Waals surface area (Å²) in [6.45, 7) is 0. The molecule has 1 atom stereocenters. The van der Waals surface area contributed by atoms with Crippen molar-refractivity contribution in [1.29, 1.82) is 0 Å². The van der Waals surface area contributed by atoms with Crippen LogP contribution in [0, 0.1) is 0 Å². The van der Waals surface area contributed by atoms with E-state index in [1.807, 2.05) is 6.07 Å². The number of carbonyl (C=O) groups excluding carboxylic acids is 2. The molecule has 2 aromatic rings. The van der Waals surface area contributed by atoms with E-state index in [0.29, 0.717) is 18.5 Å². The maximum Gasteiger partial charge on any atom is 0.234 e. The maximum absolute atomic E-state index is 11.9. The molecule has 92 valence electrons. The van der Waals surface area contributed by atoms with Crippen molar-refractivity contribution < 1.29 is 9.59 Å². The smallest absolute Gasteiger partial charge is 0.234 e. The molecule has 0 radical (unpaired) electrons. The number of rotatable bonds is 1. The highest BCUT2D eigenvalue weighted by Crippen LogP contribution is 2.29. The van der Waals surface area contributed by atoms with Gasteiger partial charge in [0.15, 0.2) is 0 Å². The molecule has 1 aliphatic rings. The molecule has 3 N–H and O–H groups in total. The number of pyridine rings is 1.